The van der Waals surface area contributed by atoms with Crippen LogP contribution in [-0.2, 0) is 0 Å². The zero-order chi connectivity index (χ0) is 12.1. The number of rotatable bonds is 3. The Bertz CT molecular complexity index is 380. The Hall–Kier alpha value is -0.271. The predicted molar refractivity (Wildman–Crippen MR) is 76.0 cm³/mol. The number of nitrogens with two attached hydrogens (primary N) is 1. The number of benzene rings is 1. The van der Waals surface area contributed by atoms with Crippen LogP contribution in [0.25, 0.3) is 0 Å². The molecule has 0 bridgehead atoms. The average molecular weight is 315 g/mol. The standard InChI is InChI=1S/C14H18ClNSe/c15-12-4-6-13(7-5-12)17-11-10-14(16)8-2-1-3-9-14/h4-7,10-11H,1-3,8-9,16H2/b11-10+. The van der Waals surface area contributed by atoms with E-state index in [0.717, 1.165) is 17.9 Å². The zero-order valence-electron chi connectivity index (χ0n) is 9.86. The second-order valence-corrected chi connectivity index (χ2v) is 7.16. The van der Waals surface area contributed by atoms with E-state index in [4.69, 9.17) is 17.3 Å². The molecule has 1 fully saturated rings. The van der Waals surface area contributed by atoms with E-state index in [1.165, 1.54) is 23.7 Å². The van der Waals surface area contributed by atoms with E-state index in [9.17, 15) is 0 Å². The Morgan fingerprint density at radius 2 is 1.76 bits per heavy atom. The summed E-state index contributed by atoms with van der Waals surface area (Å²) >= 11 is 6.23. The van der Waals surface area contributed by atoms with Crippen molar-refractivity contribution >= 4 is 31.0 Å². The van der Waals surface area contributed by atoms with Crippen molar-refractivity contribution in [2.45, 2.75) is 37.6 Å². The molecular formula is C14H18ClNSe. The molecule has 1 aliphatic rings. The molecule has 1 nitrogen and oxygen atoms in total. The summed E-state index contributed by atoms with van der Waals surface area (Å²) in [5.74, 6) is 0. The van der Waals surface area contributed by atoms with Gasteiger partial charge in [-0.05, 0) is 0 Å². The second-order valence-electron chi connectivity index (χ2n) is 4.67. The van der Waals surface area contributed by atoms with Crippen LogP contribution >= 0.6 is 11.6 Å². The Morgan fingerprint density at radius 3 is 2.41 bits per heavy atom. The van der Waals surface area contributed by atoms with Gasteiger partial charge in [0.05, 0.1) is 0 Å². The van der Waals surface area contributed by atoms with Crippen molar-refractivity contribution in [3.63, 3.8) is 0 Å². The Labute approximate surface area is 115 Å². The molecule has 1 saturated carbocycles. The monoisotopic (exact) mass is 315 g/mol. The Balaban J connectivity index is 1.90. The van der Waals surface area contributed by atoms with Crippen LogP contribution in [0.1, 0.15) is 32.1 Å². The fraction of sp³-hybridized carbons (Fsp3) is 0.429. The van der Waals surface area contributed by atoms with Gasteiger partial charge in [-0.15, -0.1) is 0 Å². The summed E-state index contributed by atoms with van der Waals surface area (Å²) in [4.78, 5) is 2.27. The molecule has 1 aliphatic carbocycles. The van der Waals surface area contributed by atoms with Crippen LogP contribution < -0.4 is 10.2 Å². The normalized spacial score (nSPS) is 19.6. The van der Waals surface area contributed by atoms with Crippen LogP contribution in [0.5, 0.6) is 0 Å². The van der Waals surface area contributed by atoms with Crippen molar-refractivity contribution < 1.29 is 0 Å². The molecule has 0 aliphatic heterocycles. The first-order valence-corrected chi connectivity index (χ1v) is 8.29. The third-order valence-electron chi connectivity index (χ3n) is 3.20. The van der Waals surface area contributed by atoms with E-state index >= 15 is 0 Å². The van der Waals surface area contributed by atoms with Gasteiger partial charge in [-0.3, -0.25) is 0 Å². The predicted octanol–water partition coefficient (Wildman–Crippen LogP) is 2.84. The number of halogens is 1. The molecule has 2 N–H and O–H groups in total. The molecule has 1 aromatic carbocycles. The van der Waals surface area contributed by atoms with Crippen molar-refractivity contribution in [1.82, 2.24) is 0 Å². The minimum absolute atomic E-state index is 0.0353. The van der Waals surface area contributed by atoms with Crippen molar-refractivity contribution in [1.29, 1.82) is 0 Å². The van der Waals surface area contributed by atoms with Crippen LogP contribution in [0.4, 0.5) is 0 Å². The fourth-order valence-corrected chi connectivity index (χ4v) is 3.92. The fourth-order valence-electron chi connectivity index (χ4n) is 2.14. The molecule has 0 heterocycles. The summed E-state index contributed by atoms with van der Waals surface area (Å²) in [6.07, 6.45) is 8.40. The first-order chi connectivity index (χ1) is 8.18. The van der Waals surface area contributed by atoms with E-state index in [1.807, 2.05) is 12.1 Å². The summed E-state index contributed by atoms with van der Waals surface area (Å²) in [5, 5.41) is 0.802. The summed E-state index contributed by atoms with van der Waals surface area (Å²) in [5.41, 5.74) is 6.31. The van der Waals surface area contributed by atoms with E-state index in [2.05, 4.69) is 23.2 Å². The molecular weight excluding hydrogens is 297 g/mol. The second kappa shape index (κ2) is 6.06. The topological polar surface area (TPSA) is 26.0 Å². The summed E-state index contributed by atoms with van der Waals surface area (Å²) in [6, 6.07) is 8.09. The van der Waals surface area contributed by atoms with Crippen LogP contribution in [0.2, 0.25) is 5.02 Å². The van der Waals surface area contributed by atoms with Gasteiger partial charge in [0.15, 0.2) is 0 Å². The molecule has 0 saturated heterocycles. The first kappa shape index (κ1) is 13.2. The summed E-state index contributed by atoms with van der Waals surface area (Å²) in [7, 11) is 0. The van der Waals surface area contributed by atoms with E-state index < -0.39 is 0 Å². The average Bonchev–Trinajstić information content (AvgIpc) is 2.32. The molecule has 0 aromatic heterocycles. The van der Waals surface area contributed by atoms with Gasteiger partial charge in [0.25, 0.3) is 0 Å². The van der Waals surface area contributed by atoms with Gasteiger partial charge >= 0.3 is 115 Å². The summed E-state index contributed by atoms with van der Waals surface area (Å²) in [6.45, 7) is 0. The van der Waals surface area contributed by atoms with Gasteiger partial charge < -0.3 is 0 Å². The molecule has 0 spiro atoms. The first-order valence-electron chi connectivity index (χ1n) is 6.07. The molecule has 2 rings (SSSR count). The number of hydrogen-bond acceptors (Lipinski definition) is 1. The van der Waals surface area contributed by atoms with Crippen molar-refractivity contribution in [3.05, 3.63) is 40.3 Å². The summed E-state index contributed by atoms with van der Waals surface area (Å²) < 4.78 is 1.34. The van der Waals surface area contributed by atoms with Crippen LogP contribution in [-0.4, -0.2) is 20.5 Å². The van der Waals surface area contributed by atoms with E-state index in [-0.39, 0.29) is 5.54 Å². The zero-order valence-corrected chi connectivity index (χ0v) is 12.3. The minimum atomic E-state index is -0.0353. The van der Waals surface area contributed by atoms with Gasteiger partial charge in [0.1, 0.15) is 0 Å². The molecule has 1 aromatic rings. The molecule has 3 heteroatoms. The Morgan fingerprint density at radius 1 is 1.12 bits per heavy atom. The van der Waals surface area contributed by atoms with Crippen molar-refractivity contribution in [2.75, 3.05) is 0 Å². The molecule has 0 unspecified atom stereocenters. The van der Waals surface area contributed by atoms with Gasteiger partial charge in [0, 0.05) is 0 Å². The van der Waals surface area contributed by atoms with E-state index in [1.54, 1.807) is 0 Å². The molecule has 92 valence electrons. The maximum absolute atomic E-state index is 6.35. The number of hydrogen-bond donors (Lipinski definition) is 1. The van der Waals surface area contributed by atoms with Crippen LogP contribution in [0, 0.1) is 0 Å². The molecule has 0 atom stereocenters. The van der Waals surface area contributed by atoms with Crippen LogP contribution in [0.15, 0.2) is 35.3 Å². The van der Waals surface area contributed by atoms with Crippen LogP contribution in [0.3, 0.4) is 0 Å². The maximum atomic E-state index is 6.35. The van der Waals surface area contributed by atoms with Gasteiger partial charge in [0.2, 0.25) is 0 Å². The quantitative estimate of drug-likeness (QED) is 0.853. The van der Waals surface area contributed by atoms with Crippen molar-refractivity contribution in [3.8, 4) is 0 Å². The molecule has 0 radical (unpaired) electrons. The molecule has 17 heavy (non-hydrogen) atoms. The van der Waals surface area contributed by atoms with Gasteiger partial charge in [-0.2, -0.15) is 0 Å². The SMILES string of the molecule is NC1(/C=C/[Se]c2ccc(Cl)cc2)CCCCC1. The third-order valence-corrected chi connectivity index (χ3v) is 5.17. The van der Waals surface area contributed by atoms with Gasteiger partial charge in [-0.25, -0.2) is 0 Å². The molecule has 0 amide bonds. The third kappa shape index (κ3) is 4.15. The van der Waals surface area contributed by atoms with Gasteiger partial charge in [-0.1, -0.05) is 0 Å². The van der Waals surface area contributed by atoms with Crippen molar-refractivity contribution in [2.24, 2.45) is 5.73 Å². The van der Waals surface area contributed by atoms with E-state index in [0.29, 0.717) is 15.0 Å². The Kier molecular flexibility index (Phi) is 4.69.